The van der Waals surface area contributed by atoms with Gasteiger partial charge in [0.05, 0.1) is 13.2 Å². The molecule has 8 atom stereocenters. The van der Waals surface area contributed by atoms with E-state index in [0.717, 1.165) is 56.8 Å². The van der Waals surface area contributed by atoms with E-state index in [4.69, 9.17) is 14.2 Å². The first-order valence-electron chi connectivity index (χ1n) is 14.6. The van der Waals surface area contributed by atoms with Crippen LogP contribution >= 0.6 is 0 Å². The largest absolute Gasteiger partial charge is 0.457 e. The van der Waals surface area contributed by atoms with Gasteiger partial charge in [-0.3, -0.25) is 4.79 Å². The van der Waals surface area contributed by atoms with Crippen LogP contribution in [0.5, 0.6) is 0 Å². The number of carbonyl (C=O) groups is 1. The molecule has 6 fully saturated rings. The van der Waals surface area contributed by atoms with E-state index in [-0.39, 0.29) is 28.8 Å². The zero-order valence-corrected chi connectivity index (χ0v) is 22.1. The predicted molar refractivity (Wildman–Crippen MR) is 137 cm³/mol. The summed E-state index contributed by atoms with van der Waals surface area (Å²) in [6, 6.07) is 10.1. The third-order valence-electron chi connectivity index (χ3n) is 12.2. The van der Waals surface area contributed by atoms with Gasteiger partial charge in [0.15, 0.2) is 5.79 Å². The number of benzene rings is 1. The second-order valence-electron chi connectivity index (χ2n) is 13.5. The lowest BCUT2D eigenvalue weighted by Gasteiger charge is -2.63. The maximum atomic E-state index is 13.1. The van der Waals surface area contributed by atoms with Crippen LogP contribution in [0, 0.1) is 34.5 Å². The second kappa shape index (κ2) is 8.28. The molecule has 5 nitrogen and oxygen atoms in total. The van der Waals surface area contributed by atoms with Gasteiger partial charge in [0.1, 0.15) is 11.6 Å². The van der Waals surface area contributed by atoms with Gasteiger partial charge < -0.3 is 19.5 Å². The first-order chi connectivity index (χ1) is 17.4. The Morgan fingerprint density at radius 1 is 0.917 bits per heavy atom. The minimum Gasteiger partial charge on any atom is -0.457 e. The molecule has 4 aliphatic carbocycles. The zero-order chi connectivity index (χ0) is 24.6. The molecule has 2 saturated heterocycles. The molecule has 5 heteroatoms. The van der Waals surface area contributed by atoms with Crippen LogP contribution in [0.3, 0.4) is 0 Å². The van der Waals surface area contributed by atoms with Crippen molar-refractivity contribution < 1.29 is 19.0 Å². The molecule has 0 radical (unpaired) electrons. The smallest absolute Gasteiger partial charge is 0.324 e. The summed E-state index contributed by atoms with van der Waals surface area (Å²) in [5.74, 6) is 2.57. The van der Waals surface area contributed by atoms with Crippen LogP contribution in [-0.4, -0.2) is 43.2 Å². The van der Waals surface area contributed by atoms with E-state index < -0.39 is 0 Å². The summed E-state index contributed by atoms with van der Waals surface area (Å²) in [6.45, 7) is 7.40. The van der Waals surface area contributed by atoms with E-state index >= 15 is 0 Å². The van der Waals surface area contributed by atoms with Crippen LogP contribution in [0.4, 0.5) is 0 Å². The molecule has 6 aliphatic rings. The number of esters is 1. The topological polar surface area (TPSA) is 56.8 Å². The van der Waals surface area contributed by atoms with Crippen LogP contribution in [0.1, 0.15) is 77.2 Å². The molecule has 196 valence electrons. The van der Waals surface area contributed by atoms with Crippen molar-refractivity contribution in [3.05, 3.63) is 35.9 Å². The van der Waals surface area contributed by atoms with E-state index in [1.54, 1.807) is 0 Å². The number of morpholine rings is 1. The maximum absolute atomic E-state index is 13.1. The average Bonchev–Trinajstić information content (AvgIpc) is 3.48. The van der Waals surface area contributed by atoms with E-state index in [9.17, 15) is 4.79 Å². The fourth-order valence-corrected chi connectivity index (χ4v) is 10.2. The van der Waals surface area contributed by atoms with Gasteiger partial charge >= 0.3 is 5.97 Å². The molecule has 0 amide bonds. The summed E-state index contributed by atoms with van der Waals surface area (Å²) < 4.78 is 19.0. The summed E-state index contributed by atoms with van der Waals surface area (Å²) in [4.78, 5) is 13.1. The number of hydrogen-bond acceptors (Lipinski definition) is 5. The van der Waals surface area contributed by atoms with Gasteiger partial charge in [-0.15, -0.1) is 0 Å². The number of ether oxygens (including phenoxy) is 3. The summed E-state index contributed by atoms with van der Waals surface area (Å²) in [5, 5.41) is 3.60. The van der Waals surface area contributed by atoms with Crippen molar-refractivity contribution in [2.45, 2.75) is 95.5 Å². The summed E-state index contributed by atoms with van der Waals surface area (Å²) >= 11 is 0. The van der Waals surface area contributed by atoms with E-state index in [2.05, 4.69) is 31.3 Å². The lowest BCUT2D eigenvalue weighted by molar-refractivity contribution is -0.250. The molecule has 0 aromatic heterocycles. The van der Waals surface area contributed by atoms with Gasteiger partial charge in [-0.25, -0.2) is 0 Å². The van der Waals surface area contributed by atoms with E-state index in [1.165, 1.54) is 44.1 Å². The molecule has 1 N–H and O–H groups in total. The quantitative estimate of drug-likeness (QED) is 0.569. The van der Waals surface area contributed by atoms with Crippen molar-refractivity contribution in [2.75, 3.05) is 19.8 Å². The van der Waals surface area contributed by atoms with Crippen molar-refractivity contribution in [1.82, 2.24) is 5.32 Å². The third kappa shape index (κ3) is 3.34. The lowest BCUT2D eigenvalue weighted by atomic mass is 9.44. The third-order valence-corrected chi connectivity index (χ3v) is 12.2. The minimum atomic E-state index is -0.312. The number of fused-ring (bicyclic) bond motifs is 6. The molecular formula is C31H43NO4. The molecule has 0 bridgehead atoms. The van der Waals surface area contributed by atoms with Gasteiger partial charge in [-0.1, -0.05) is 44.2 Å². The summed E-state index contributed by atoms with van der Waals surface area (Å²) in [5.41, 5.74) is 1.40. The Hall–Kier alpha value is -1.43. The minimum absolute atomic E-state index is 0.0522. The van der Waals surface area contributed by atoms with Crippen molar-refractivity contribution in [3.8, 4) is 0 Å². The predicted octanol–water partition coefficient (Wildman–Crippen LogP) is 5.27. The Morgan fingerprint density at radius 2 is 1.69 bits per heavy atom. The highest BCUT2D eigenvalue weighted by Crippen LogP contribution is 2.70. The van der Waals surface area contributed by atoms with Crippen LogP contribution in [0.25, 0.3) is 0 Å². The number of nitrogens with one attached hydrogen (secondary N) is 1. The Labute approximate surface area is 216 Å². The summed E-state index contributed by atoms with van der Waals surface area (Å²) in [6.07, 6.45) is 11.3. The SMILES string of the molecule is C[C@]12CC[C@]3(CN[C@@H](Cc4ccccc4)C(=O)O3)C[C@@H]1CC[C@@H]1[C@@H]2CC[C@@]2(C)[C@H]1CCC21OCCO1. The first kappa shape index (κ1) is 23.7. The van der Waals surface area contributed by atoms with Crippen molar-refractivity contribution in [1.29, 1.82) is 0 Å². The Balaban J connectivity index is 1.05. The number of hydrogen-bond donors (Lipinski definition) is 1. The van der Waals surface area contributed by atoms with Crippen LogP contribution in [-0.2, 0) is 25.4 Å². The molecule has 1 aromatic carbocycles. The van der Waals surface area contributed by atoms with E-state index in [0.29, 0.717) is 17.8 Å². The van der Waals surface area contributed by atoms with Gasteiger partial charge in [-0.2, -0.15) is 0 Å². The molecule has 2 heterocycles. The molecule has 2 spiro atoms. The monoisotopic (exact) mass is 493 g/mol. The molecule has 2 aliphatic heterocycles. The highest BCUT2D eigenvalue weighted by atomic mass is 16.7. The Morgan fingerprint density at radius 3 is 2.47 bits per heavy atom. The van der Waals surface area contributed by atoms with Gasteiger partial charge in [-0.05, 0) is 92.4 Å². The van der Waals surface area contributed by atoms with Gasteiger partial charge in [0, 0.05) is 18.4 Å². The maximum Gasteiger partial charge on any atom is 0.324 e. The highest BCUT2D eigenvalue weighted by molar-refractivity contribution is 5.77. The van der Waals surface area contributed by atoms with Crippen molar-refractivity contribution in [2.24, 2.45) is 34.5 Å². The zero-order valence-electron chi connectivity index (χ0n) is 22.1. The second-order valence-corrected chi connectivity index (χ2v) is 13.5. The molecule has 0 unspecified atom stereocenters. The van der Waals surface area contributed by atoms with E-state index in [1.807, 2.05) is 18.2 Å². The van der Waals surface area contributed by atoms with Crippen molar-refractivity contribution >= 4 is 5.97 Å². The normalized spacial score (nSPS) is 47.3. The number of rotatable bonds is 2. The first-order valence-corrected chi connectivity index (χ1v) is 14.6. The molecular weight excluding hydrogens is 450 g/mol. The number of carbonyl (C=O) groups excluding carboxylic acids is 1. The summed E-state index contributed by atoms with van der Waals surface area (Å²) in [7, 11) is 0. The van der Waals surface area contributed by atoms with Crippen molar-refractivity contribution in [3.63, 3.8) is 0 Å². The van der Waals surface area contributed by atoms with Gasteiger partial charge in [0.2, 0.25) is 0 Å². The molecule has 7 rings (SSSR count). The average molecular weight is 494 g/mol. The van der Waals surface area contributed by atoms with Crippen LogP contribution in [0.2, 0.25) is 0 Å². The Bertz CT molecular complexity index is 1010. The van der Waals surface area contributed by atoms with Crippen LogP contribution < -0.4 is 5.32 Å². The fraction of sp³-hybridized carbons (Fsp3) is 0.774. The molecule has 1 aromatic rings. The van der Waals surface area contributed by atoms with Crippen LogP contribution in [0.15, 0.2) is 30.3 Å². The Kier molecular flexibility index (Phi) is 5.45. The molecule has 36 heavy (non-hydrogen) atoms. The van der Waals surface area contributed by atoms with Gasteiger partial charge in [0.25, 0.3) is 0 Å². The highest BCUT2D eigenvalue weighted by Gasteiger charge is 2.68. The lowest BCUT2D eigenvalue weighted by Crippen LogP contribution is -2.63. The fourth-order valence-electron chi connectivity index (χ4n) is 10.2. The molecule has 4 saturated carbocycles. The standard InChI is InChI=1S/C31H43NO4/c1-28-14-15-30(20-32-26(27(33)36-30)18-21-6-4-3-5-7-21)19-22(28)8-9-23-24(28)10-12-29(2)25(23)11-13-31(29)34-16-17-35-31/h3-7,22-26,32H,8-20H2,1-2H3/t22-,23+,24-,25-,26-,28-,29-,30+/m0/s1.